The van der Waals surface area contributed by atoms with Crippen molar-refractivity contribution in [2.24, 2.45) is 5.92 Å². The molecule has 1 N–H and O–H groups in total. The van der Waals surface area contributed by atoms with Crippen molar-refractivity contribution in [3.63, 3.8) is 0 Å². The second-order valence-electron chi connectivity index (χ2n) is 4.91. The number of aliphatic hydroxyl groups is 1. The van der Waals surface area contributed by atoms with E-state index in [2.05, 4.69) is 11.6 Å². The number of carbonyl (C=O) groups excluding carboxylic acids is 1. The molecule has 0 bridgehead atoms. The molecule has 2 rings (SSSR count). The number of nitrogens with zero attached hydrogens (tertiary/aromatic N) is 2. The van der Waals surface area contributed by atoms with E-state index in [0.29, 0.717) is 12.0 Å². The van der Waals surface area contributed by atoms with Crippen molar-refractivity contribution in [2.45, 2.75) is 19.3 Å². The van der Waals surface area contributed by atoms with Crippen LogP contribution in [0.15, 0.2) is 48.6 Å². The molecule has 0 amide bonds. The number of rotatable bonds is 5. The van der Waals surface area contributed by atoms with E-state index in [1.54, 1.807) is 6.07 Å². The standard InChI is InChI=1S/C16H16N2O3/c1-2-9-21-16(20)14(18-17)10-12-8-7-11-5-3-4-6-13(11)15(12)19/h2-6,12H,1,7-10H2/p+1/b16-14-. The van der Waals surface area contributed by atoms with Gasteiger partial charge >= 0.3 is 11.6 Å². The van der Waals surface area contributed by atoms with Gasteiger partial charge < -0.3 is 9.84 Å². The van der Waals surface area contributed by atoms with Gasteiger partial charge in [-0.15, -0.1) is 0 Å². The van der Waals surface area contributed by atoms with Gasteiger partial charge in [-0.05, 0) is 18.4 Å². The van der Waals surface area contributed by atoms with Crippen LogP contribution in [0, 0.1) is 11.3 Å². The summed E-state index contributed by atoms with van der Waals surface area (Å²) in [6, 6.07) is 7.49. The largest absolute Gasteiger partial charge is 0.475 e. The fourth-order valence-electron chi connectivity index (χ4n) is 2.48. The molecule has 1 unspecified atom stereocenters. The Hall–Kier alpha value is -2.61. The monoisotopic (exact) mass is 285 g/mol. The Morgan fingerprint density at radius 2 is 2.29 bits per heavy atom. The maximum Gasteiger partial charge on any atom is 0.441 e. The number of Topliss-reactive ketones (excluding diaryl/α,β-unsaturated/α-hetero) is 1. The average molecular weight is 285 g/mol. The Balaban J connectivity index is 2.15. The van der Waals surface area contributed by atoms with Crippen molar-refractivity contribution in [3.05, 3.63) is 64.7 Å². The van der Waals surface area contributed by atoms with Crippen LogP contribution in [0.4, 0.5) is 0 Å². The summed E-state index contributed by atoms with van der Waals surface area (Å²) in [5.41, 5.74) is 1.73. The molecule has 0 radical (unpaired) electrons. The van der Waals surface area contributed by atoms with Crippen molar-refractivity contribution < 1.29 is 14.6 Å². The van der Waals surface area contributed by atoms with E-state index in [-0.39, 0.29) is 30.4 Å². The SMILES string of the molecule is C=CCO/C(O)=C(/CC1CCc2ccccc2C1=O)[N+]#N. The molecule has 1 aliphatic carbocycles. The third-order valence-corrected chi connectivity index (χ3v) is 3.56. The van der Waals surface area contributed by atoms with Crippen molar-refractivity contribution in [3.8, 4) is 0 Å². The topological polar surface area (TPSA) is 74.7 Å². The number of ether oxygens (including phenoxy) is 1. The average Bonchev–Trinajstić information content (AvgIpc) is 2.52. The molecule has 5 nitrogen and oxygen atoms in total. The lowest BCUT2D eigenvalue weighted by Crippen LogP contribution is -2.23. The van der Waals surface area contributed by atoms with Crippen LogP contribution >= 0.6 is 0 Å². The molecule has 1 atom stereocenters. The molecule has 1 aromatic carbocycles. The van der Waals surface area contributed by atoms with Gasteiger partial charge in [-0.3, -0.25) is 4.79 Å². The summed E-state index contributed by atoms with van der Waals surface area (Å²) in [6.45, 7) is 3.57. The Morgan fingerprint density at radius 3 is 3.00 bits per heavy atom. The first kappa shape index (κ1) is 14.8. The number of hydrogen-bond donors (Lipinski definition) is 1. The molecule has 0 aromatic heterocycles. The summed E-state index contributed by atoms with van der Waals surface area (Å²) >= 11 is 0. The Bertz CT molecular complexity index is 629. The zero-order valence-electron chi connectivity index (χ0n) is 11.7. The fraction of sp³-hybridized carbons (Fsp3) is 0.312. The van der Waals surface area contributed by atoms with Crippen LogP contribution in [-0.4, -0.2) is 17.5 Å². The lowest BCUT2D eigenvalue weighted by molar-refractivity contribution is 0.0888. The number of fused-ring (bicyclic) bond motifs is 1. The summed E-state index contributed by atoms with van der Waals surface area (Å²) in [5, 5.41) is 18.7. The molecule has 0 fully saturated rings. The number of aryl methyl sites for hydroxylation is 1. The number of aliphatic hydroxyl groups excluding tert-OH is 1. The Morgan fingerprint density at radius 1 is 1.52 bits per heavy atom. The van der Waals surface area contributed by atoms with E-state index >= 15 is 0 Å². The highest BCUT2D eigenvalue weighted by molar-refractivity contribution is 6.00. The predicted molar refractivity (Wildman–Crippen MR) is 78.1 cm³/mol. The molecule has 21 heavy (non-hydrogen) atoms. The minimum absolute atomic E-state index is 0.00882. The van der Waals surface area contributed by atoms with Gasteiger partial charge in [0, 0.05) is 11.5 Å². The molecular weight excluding hydrogens is 268 g/mol. The van der Waals surface area contributed by atoms with Gasteiger partial charge in [-0.2, -0.15) is 0 Å². The molecule has 0 saturated heterocycles. The lowest BCUT2D eigenvalue weighted by atomic mass is 9.80. The molecule has 5 heteroatoms. The Kier molecular flexibility index (Phi) is 4.72. The fourth-order valence-corrected chi connectivity index (χ4v) is 2.48. The highest BCUT2D eigenvalue weighted by Gasteiger charge is 2.33. The second-order valence-corrected chi connectivity index (χ2v) is 4.91. The molecule has 0 spiro atoms. The molecule has 0 aliphatic heterocycles. The zero-order chi connectivity index (χ0) is 15.2. The van der Waals surface area contributed by atoms with Crippen LogP contribution in [0.3, 0.4) is 0 Å². The first-order chi connectivity index (χ1) is 10.2. The number of allylic oxidation sites excluding steroid dienone is 1. The molecular formula is C16H17N2O3+. The van der Waals surface area contributed by atoms with Gasteiger partial charge in [0.25, 0.3) is 0 Å². The smallest absolute Gasteiger partial charge is 0.441 e. The van der Waals surface area contributed by atoms with E-state index in [9.17, 15) is 9.90 Å². The number of diazo groups is 1. The van der Waals surface area contributed by atoms with E-state index in [0.717, 1.165) is 12.0 Å². The predicted octanol–water partition coefficient (Wildman–Crippen LogP) is 3.60. The summed E-state index contributed by atoms with van der Waals surface area (Å²) in [4.78, 5) is 15.5. The number of benzene rings is 1. The van der Waals surface area contributed by atoms with Gasteiger partial charge in [0.15, 0.2) is 10.8 Å². The van der Waals surface area contributed by atoms with Crippen molar-refractivity contribution in [1.29, 1.82) is 5.39 Å². The maximum absolute atomic E-state index is 12.4. The molecule has 1 aliphatic rings. The van der Waals surface area contributed by atoms with E-state index in [1.807, 2.05) is 18.2 Å². The summed E-state index contributed by atoms with van der Waals surface area (Å²) in [6.07, 6.45) is 3.06. The van der Waals surface area contributed by atoms with Crippen LogP contribution in [0.2, 0.25) is 0 Å². The van der Waals surface area contributed by atoms with E-state index in [4.69, 9.17) is 10.1 Å². The highest BCUT2D eigenvalue weighted by atomic mass is 16.6. The van der Waals surface area contributed by atoms with E-state index < -0.39 is 5.95 Å². The van der Waals surface area contributed by atoms with Crippen LogP contribution in [0.25, 0.3) is 4.98 Å². The number of carbonyl (C=O) groups is 1. The van der Waals surface area contributed by atoms with Gasteiger partial charge in [-0.25, -0.2) is 0 Å². The van der Waals surface area contributed by atoms with Gasteiger partial charge in [0.1, 0.15) is 6.61 Å². The summed E-state index contributed by atoms with van der Waals surface area (Å²) in [5.74, 6) is -0.779. The zero-order valence-corrected chi connectivity index (χ0v) is 11.7. The minimum Gasteiger partial charge on any atom is -0.475 e. The van der Waals surface area contributed by atoms with Crippen LogP contribution in [-0.2, 0) is 11.2 Å². The number of hydrogen-bond acceptors (Lipinski definition) is 4. The van der Waals surface area contributed by atoms with Crippen molar-refractivity contribution in [1.82, 2.24) is 0 Å². The first-order valence-electron chi connectivity index (χ1n) is 6.80. The highest BCUT2D eigenvalue weighted by Crippen LogP contribution is 2.30. The number of ketones is 1. The lowest BCUT2D eigenvalue weighted by Gasteiger charge is -2.21. The molecule has 1 aromatic rings. The van der Waals surface area contributed by atoms with Crippen molar-refractivity contribution >= 4 is 5.78 Å². The summed E-state index contributed by atoms with van der Waals surface area (Å²) in [7, 11) is 0. The quantitative estimate of drug-likeness (QED) is 0.509. The first-order valence-corrected chi connectivity index (χ1v) is 6.80. The van der Waals surface area contributed by atoms with Gasteiger partial charge in [0.05, 0.1) is 6.42 Å². The van der Waals surface area contributed by atoms with E-state index in [1.165, 1.54) is 6.08 Å². The molecule has 108 valence electrons. The van der Waals surface area contributed by atoms with Gasteiger partial charge in [0.2, 0.25) is 5.39 Å². The normalized spacial score (nSPS) is 18.2. The third-order valence-electron chi connectivity index (χ3n) is 3.56. The van der Waals surface area contributed by atoms with Crippen molar-refractivity contribution in [2.75, 3.05) is 6.61 Å². The minimum atomic E-state index is -0.468. The maximum atomic E-state index is 12.4. The Labute approximate surface area is 123 Å². The van der Waals surface area contributed by atoms with Crippen LogP contribution in [0.1, 0.15) is 28.8 Å². The second kappa shape index (κ2) is 6.71. The van der Waals surface area contributed by atoms with Crippen LogP contribution < -0.4 is 0 Å². The van der Waals surface area contributed by atoms with Crippen LogP contribution in [0.5, 0.6) is 0 Å². The molecule has 0 heterocycles. The summed E-state index contributed by atoms with van der Waals surface area (Å²) < 4.78 is 4.94. The third kappa shape index (κ3) is 3.29. The molecule has 0 saturated carbocycles. The van der Waals surface area contributed by atoms with Gasteiger partial charge in [-0.1, -0.05) is 36.9 Å².